The number of ether oxygens (including phenoxy) is 1. The summed E-state index contributed by atoms with van der Waals surface area (Å²) >= 11 is 0. The number of esters is 1. The molecule has 1 aromatic rings. The molecule has 1 aliphatic rings. The Hall–Kier alpha value is -2.57. The van der Waals surface area contributed by atoms with Crippen LogP contribution in [-0.4, -0.2) is 36.6 Å². The Morgan fingerprint density at radius 3 is 2.54 bits per heavy atom. The van der Waals surface area contributed by atoms with E-state index in [0.717, 1.165) is 24.8 Å². The quantitative estimate of drug-likeness (QED) is 0.678. The summed E-state index contributed by atoms with van der Waals surface area (Å²) in [5.41, 5.74) is 0.701. The molecule has 1 aromatic carbocycles. The lowest BCUT2D eigenvalue weighted by molar-refractivity contribution is -0.155. The minimum Gasteiger partial charge on any atom is -0.464 e. The third-order valence-corrected chi connectivity index (χ3v) is 4.44. The number of benzene rings is 1. The molecule has 3 N–H and O–H groups in total. The lowest BCUT2D eigenvalue weighted by atomic mass is 9.81. The Kier molecular flexibility index (Phi) is 7.00. The number of hydrogen-bond acceptors (Lipinski definition) is 4. The third kappa shape index (κ3) is 5.47. The number of carbonyl (C=O) groups excluding carboxylic acids is 3. The highest BCUT2D eigenvalue weighted by Crippen LogP contribution is 2.29. The Labute approximate surface area is 153 Å². The van der Waals surface area contributed by atoms with Gasteiger partial charge < -0.3 is 20.7 Å². The van der Waals surface area contributed by atoms with Crippen LogP contribution in [0.15, 0.2) is 24.3 Å². The molecule has 0 atom stereocenters. The van der Waals surface area contributed by atoms with Gasteiger partial charge in [-0.2, -0.15) is 0 Å². The van der Waals surface area contributed by atoms with Crippen molar-refractivity contribution >= 4 is 23.6 Å². The van der Waals surface area contributed by atoms with Crippen molar-refractivity contribution in [1.29, 1.82) is 0 Å². The smallest absolute Gasteiger partial charge is 0.331 e. The zero-order valence-corrected chi connectivity index (χ0v) is 15.4. The molecule has 0 heterocycles. The van der Waals surface area contributed by atoms with Gasteiger partial charge in [-0.25, -0.2) is 9.59 Å². The zero-order chi connectivity index (χ0) is 19.0. The van der Waals surface area contributed by atoms with Crippen LogP contribution in [0.2, 0.25) is 0 Å². The molecule has 7 heteroatoms. The maximum absolute atomic E-state index is 12.3. The first-order chi connectivity index (χ1) is 12.4. The molecule has 0 saturated heterocycles. The summed E-state index contributed by atoms with van der Waals surface area (Å²) in [4.78, 5) is 36.5. The standard InChI is InChI=1S/C19H27N3O4/c1-3-26-17(24)19(10-5-4-6-11-19)22-16(23)13-20-18(25)21-15-9-7-8-14(2)12-15/h7-9,12H,3-6,10-11,13H2,1-2H3,(H,22,23)(H2,20,21,25). The molecule has 1 aliphatic carbocycles. The van der Waals surface area contributed by atoms with E-state index in [4.69, 9.17) is 4.74 Å². The van der Waals surface area contributed by atoms with Gasteiger partial charge in [-0.3, -0.25) is 4.79 Å². The molecule has 2 rings (SSSR count). The fourth-order valence-electron chi connectivity index (χ4n) is 3.17. The molecule has 3 amide bonds. The predicted molar refractivity (Wildman–Crippen MR) is 98.8 cm³/mol. The Morgan fingerprint density at radius 1 is 1.15 bits per heavy atom. The largest absolute Gasteiger partial charge is 0.464 e. The zero-order valence-electron chi connectivity index (χ0n) is 15.4. The second kappa shape index (κ2) is 9.22. The highest BCUT2D eigenvalue weighted by Gasteiger charge is 2.42. The molecule has 0 bridgehead atoms. The SMILES string of the molecule is CCOC(=O)C1(NC(=O)CNC(=O)Nc2cccc(C)c2)CCCCC1. The molecule has 142 valence electrons. The first kappa shape index (κ1) is 19.8. The van der Waals surface area contributed by atoms with Gasteiger partial charge in [0.15, 0.2) is 0 Å². The number of amides is 3. The molecule has 0 spiro atoms. The maximum atomic E-state index is 12.3. The van der Waals surface area contributed by atoms with Gasteiger partial charge in [0.05, 0.1) is 13.2 Å². The number of rotatable bonds is 6. The molecule has 0 radical (unpaired) electrons. The van der Waals surface area contributed by atoms with Crippen molar-refractivity contribution in [3.05, 3.63) is 29.8 Å². The van der Waals surface area contributed by atoms with E-state index < -0.39 is 23.4 Å². The van der Waals surface area contributed by atoms with E-state index >= 15 is 0 Å². The first-order valence-corrected chi connectivity index (χ1v) is 9.05. The lowest BCUT2D eigenvalue weighted by Crippen LogP contribution is -2.58. The van der Waals surface area contributed by atoms with E-state index in [1.165, 1.54) is 0 Å². The fraction of sp³-hybridized carbons (Fsp3) is 0.526. The van der Waals surface area contributed by atoms with Crippen LogP contribution in [0.3, 0.4) is 0 Å². The first-order valence-electron chi connectivity index (χ1n) is 9.05. The van der Waals surface area contributed by atoms with Crippen LogP contribution in [0.5, 0.6) is 0 Å². The molecule has 1 saturated carbocycles. The van der Waals surface area contributed by atoms with Gasteiger partial charge in [-0.15, -0.1) is 0 Å². The highest BCUT2D eigenvalue weighted by molar-refractivity contribution is 5.94. The van der Waals surface area contributed by atoms with Gasteiger partial charge in [0, 0.05) is 5.69 Å². The highest BCUT2D eigenvalue weighted by atomic mass is 16.5. The normalized spacial score (nSPS) is 15.6. The maximum Gasteiger partial charge on any atom is 0.331 e. The number of anilines is 1. The third-order valence-electron chi connectivity index (χ3n) is 4.44. The van der Waals surface area contributed by atoms with Crippen LogP contribution in [0.1, 0.15) is 44.6 Å². The monoisotopic (exact) mass is 361 g/mol. The summed E-state index contributed by atoms with van der Waals surface area (Å²) in [6.07, 6.45) is 3.88. The number of carbonyl (C=O) groups is 3. The second-order valence-electron chi connectivity index (χ2n) is 6.59. The number of aryl methyl sites for hydroxylation is 1. The van der Waals surface area contributed by atoms with Gasteiger partial charge in [-0.1, -0.05) is 31.4 Å². The van der Waals surface area contributed by atoms with Crippen molar-refractivity contribution in [2.45, 2.75) is 51.5 Å². The van der Waals surface area contributed by atoms with Gasteiger partial charge >= 0.3 is 12.0 Å². The molecule has 26 heavy (non-hydrogen) atoms. The molecule has 7 nitrogen and oxygen atoms in total. The summed E-state index contributed by atoms with van der Waals surface area (Å²) < 4.78 is 5.15. The summed E-state index contributed by atoms with van der Waals surface area (Å²) in [6, 6.07) is 6.89. The van der Waals surface area contributed by atoms with Crippen molar-refractivity contribution in [2.75, 3.05) is 18.5 Å². The van der Waals surface area contributed by atoms with E-state index in [0.29, 0.717) is 18.5 Å². The summed E-state index contributed by atoms with van der Waals surface area (Å²) in [5, 5.41) is 7.98. The van der Waals surface area contributed by atoms with Crippen LogP contribution >= 0.6 is 0 Å². The van der Waals surface area contributed by atoms with E-state index in [1.54, 1.807) is 13.0 Å². The molecule has 0 aromatic heterocycles. The van der Waals surface area contributed by atoms with Gasteiger partial charge in [0.1, 0.15) is 5.54 Å². The molecule has 1 fully saturated rings. The lowest BCUT2D eigenvalue weighted by Gasteiger charge is -2.35. The van der Waals surface area contributed by atoms with Crippen molar-refractivity contribution in [1.82, 2.24) is 10.6 Å². The van der Waals surface area contributed by atoms with Crippen LogP contribution in [0.4, 0.5) is 10.5 Å². The van der Waals surface area contributed by atoms with Crippen molar-refractivity contribution in [3.63, 3.8) is 0 Å². The Bertz CT molecular complexity index is 654. The van der Waals surface area contributed by atoms with Crippen LogP contribution in [-0.2, 0) is 14.3 Å². The Balaban J connectivity index is 1.87. The van der Waals surface area contributed by atoms with E-state index in [-0.39, 0.29) is 13.2 Å². The topological polar surface area (TPSA) is 96.5 Å². The van der Waals surface area contributed by atoms with E-state index in [1.807, 2.05) is 25.1 Å². The second-order valence-corrected chi connectivity index (χ2v) is 6.59. The molecular weight excluding hydrogens is 334 g/mol. The summed E-state index contributed by atoms with van der Waals surface area (Å²) in [7, 11) is 0. The number of nitrogens with one attached hydrogen (secondary N) is 3. The van der Waals surface area contributed by atoms with Gasteiger partial charge in [0.25, 0.3) is 0 Å². The predicted octanol–water partition coefficient (Wildman–Crippen LogP) is 2.50. The minimum atomic E-state index is -0.972. The van der Waals surface area contributed by atoms with Crippen molar-refractivity contribution in [2.24, 2.45) is 0 Å². The summed E-state index contributed by atoms with van der Waals surface area (Å²) in [5.74, 6) is -0.795. The van der Waals surface area contributed by atoms with Crippen LogP contribution in [0.25, 0.3) is 0 Å². The minimum absolute atomic E-state index is 0.210. The molecule has 0 aliphatic heterocycles. The van der Waals surface area contributed by atoms with Crippen molar-refractivity contribution in [3.8, 4) is 0 Å². The average Bonchev–Trinajstić information content (AvgIpc) is 2.61. The van der Waals surface area contributed by atoms with Gasteiger partial charge in [-0.05, 0) is 44.4 Å². The average molecular weight is 361 g/mol. The van der Waals surface area contributed by atoms with Crippen molar-refractivity contribution < 1.29 is 19.1 Å². The van der Waals surface area contributed by atoms with Crippen LogP contribution in [0, 0.1) is 6.92 Å². The Morgan fingerprint density at radius 2 is 1.88 bits per heavy atom. The number of urea groups is 1. The van der Waals surface area contributed by atoms with E-state index in [2.05, 4.69) is 16.0 Å². The number of hydrogen-bond donors (Lipinski definition) is 3. The molecular formula is C19H27N3O4. The summed E-state index contributed by atoms with van der Waals surface area (Å²) in [6.45, 7) is 3.73. The van der Waals surface area contributed by atoms with Crippen LogP contribution < -0.4 is 16.0 Å². The fourth-order valence-corrected chi connectivity index (χ4v) is 3.17. The van der Waals surface area contributed by atoms with E-state index in [9.17, 15) is 14.4 Å². The molecule has 0 unspecified atom stereocenters. The van der Waals surface area contributed by atoms with Gasteiger partial charge in [0.2, 0.25) is 5.91 Å².